The van der Waals surface area contributed by atoms with Crippen molar-refractivity contribution in [3.8, 4) is 0 Å². The van der Waals surface area contributed by atoms with Crippen LogP contribution in [0.1, 0.15) is 54.5 Å². The second-order valence-electron chi connectivity index (χ2n) is 8.18. The molecule has 0 unspecified atom stereocenters. The summed E-state index contributed by atoms with van der Waals surface area (Å²) in [6.07, 6.45) is 5.04. The van der Waals surface area contributed by atoms with Crippen molar-refractivity contribution in [2.45, 2.75) is 51.6 Å². The first-order valence-corrected chi connectivity index (χ1v) is 12.0. The summed E-state index contributed by atoms with van der Waals surface area (Å²) < 4.78 is 28.6. The van der Waals surface area contributed by atoms with Crippen LogP contribution in [-0.4, -0.2) is 58.5 Å². The Morgan fingerprint density at radius 3 is 2.68 bits per heavy atom. The zero-order chi connectivity index (χ0) is 22.2. The SMILES string of the molecule is Cc1nc([C@H]2CCCCN2S(=O)(=O)N(C)C)nc2c1CCC(=O)N2Cc1ccccn1. The van der Waals surface area contributed by atoms with Gasteiger partial charge in [0.2, 0.25) is 5.91 Å². The summed E-state index contributed by atoms with van der Waals surface area (Å²) in [7, 11) is -0.538. The van der Waals surface area contributed by atoms with E-state index in [1.54, 1.807) is 11.1 Å². The van der Waals surface area contributed by atoms with Crippen molar-refractivity contribution in [3.63, 3.8) is 0 Å². The van der Waals surface area contributed by atoms with E-state index >= 15 is 0 Å². The molecule has 4 heterocycles. The van der Waals surface area contributed by atoms with Crippen molar-refractivity contribution < 1.29 is 13.2 Å². The lowest BCUT2D eigenvalue weighted by atomic mass is 10.0. The van der Waals surface area contributed by atoms with Crippen molar-refractivity contribution in [2.75, 3.05) is 25.5 Å². The smallest absolute Gasteiger partial charge is 0.282 e. The molecule has 1 atom stereocenters. The summed E-state index contributed by atoms with van der Waals surface area (Å²) in [5.41, 5.74) is 2.51. The number of pyridine rings is 1. The van der Waals surface area contributed by atoms with Gasteiger partial charge in [0, 0.05) is 44.5 Å². The molecule has 2 aromatic heterocycles. The maximum atomic E-state index is 12.9. The normalized spacial score (nSPS) is 20.2. The lowest BCUT2D eigenvalue weighted by Gasteiger charge is -2.36. The highest BCUT2D eigenvalue weighted by Crippen LogP contribution is 2.36. The quantitative estimate of drug-likeness (QED) is 0.699. The molecule has 0 aromatic carbocycles. The van der Waals surface area contributed by atoms with Crippen LogP contribution in [0.25, 0.3) is 0 Å². The predicted octanol–water partition coefficient (Wildman–Crippen LogP) is 1.99. The van der Waals surface area contributed by atoms with Gasteiger partial charge in [0.05, 0.1) is 18.3 Å². The molecule has 2 aliphatic heterocycles. The number of nitrogens with zero attached hydrogens (tertiary/aromatic N) is 6. The summed E-state index contributed by atoms with van der Waals surface area (Å²) in [6, 6.07) is 5.16. The third-order valence-electron chi connectivity index (χ3n) is 5.91. The number of amides is 1. The molecule has 4 rings (SSSR count). The fourth-order valence-electron chi connectivity index (χ4n) is 4.22. The first kappa shape index (κ1) is 21.8. The predicted molar refractivity (Wildman–Crippen MR) is 116 cm³/mol. The van der Waals surface area contributed by atoms with E-state index in [1.807, 2.05) is 25.1 Å². The van der Waals surface area contributed by atoms with Gasteiger partial charge in [-0.3, -0.25) is 14.7 Å². The minimum absolute atomic E-state index is 0.0105. The van der Waals surface area contributed by atoms with E-state index in [2.05, 4.69) is 4.98 Å². The zero-order valence-electron chi connectivity index (χ0n) is 18.2. The van der Waals surface area contributed by atoms with E-state index in [1.165, 1.54) is 22.7 Å². The molecular weight excluding hydrogens is 416 g/mol. The molecule has 1 fully saturated rings. The van der Waals surface area contributed by atoms with Crippen molar-refractivity contribution >= 4 is 21.9 Å². The van der Waals surface area contributed by atoms with Gasteiger partial charge < -0.3 is 0 Å². The second kappa shape index (κ2) is 8.60. The van der Waals surface area contributed by atoms with E-state index in [9.17, 15) is 13.2 Å². The lowest BCUT2D eigenvalue weighted by Crippen LogP contribution is -2.45. The molecule has 31 heavy (non-hydrogen) atoms. The number of anilines is 1. The van der Waals surface area contributed by atoms with Crippen LogP contribution in [0.3, 0.4) is 0 Å². The Labute approximate surface area is 183 Å². The van der Waals surface area contributed by atoms with Crippen molar-refractivity contribution in [3.05, 3.63) is 47.2 Å². The van der Waals surface area contributed by atoms with Gasteiger partial charge in [0.1, 0.15) is 11.6 Å². The van der Waals surface area contributed by atoms with E-state index in [0.717, 1.165) is 29.8 Å². The Kier molecular flexibility index (Phi) is 6.05. The molecule has 0 N–H and O–H groups in total. The maximum absolute atomic E-state index is 12.9. The first-order valence-electron chi connectivity index (χ1n) is 10.6. The molecule has 0 aliphatic carbocycles. The minimum atomic E-state index is -3.61. The third kappa shape index (κ3) is 4.19. The van der Waals surface area contributed by atoms with Crippen molar-refractivity contribution in [1.29, 1.82) is 0 Å². The van der Waals surface area contributed by atoms with Crippen LogP contribution in [0.4, 0.5) is 5.82 Å². The van der Waals surface area contributed by atoms with Gasteiger partial charge in [-0.25, -0.2) is 9.97 Å². The highest BCUT2D eigenvalue weighted by molar-refractivity contribution is 7.86. The van der Waals surface area contributed by atoms with Crippen molar-refractivity contribution in [2.24, 2.45) is 0 Å². The maximum Gasteiger partial charge on any atom is 0.282 e. The molecule has 2 aliphatic rings. The Hall–Kier alpha value is -2.43. The van der Waals surface area contributed by atoms with Gasteiger partial charge in [-0.2, -0.15) is 17.0 Å². The number of hydrogen-bond acceptors (Lipinski definition) is 6. The highest BCUT2D eigenvalue weighted by Gasteiger charge is 2.38. The standard InChI is InChI=1S/C21H28N6O3S/c1-15-17-10-11-19(28)26(14-16-8-4-6-12-22-16)21(17)24-20(23-15)18-9-5-7-13-27(18)31(29,30)25(2)3/h4,6,8,12,18H,5,7,9-11,13-14H2,1-3H3/t18-/m1/s1. The molecule has 0 radical (unpaired) electrons. The Morgan fingerprint density at radius 2 is 1.97 bits per heavy atom. The lowest BCUT2D eigenvalue weighted by molar-refractivity contribution is -0.119. The molecule has 0 saturated carbocycles. The number of carbonyl (C=O) groups is 1. The van der Waals surface area contributed by atoms with E-state index in [0.29, 0.717) is 44.0 Å². The largest absolute Gasteiger partial charge is 0.290 e. The molecule has 9 nitrogen and oxygen atoms in total. The Morgan fingerprint density at radius 1 is 1.16 bits per heavy atom. The van der Waals surface area contributed by atoms with Crippen LogP contribution < -0.4 is 4.90 Å². The second-order valence-corrected chi connectivity index (χ2v) is 10.3. The molecular formula is C21H28N6O3S. The number of hydrogen-bond donors (Lipinski definition) is 0. The summed E-state index contributed by atoms with van der Waals surface area (Å²) in [5.74, 6) is 1.03. The number of rotatable bonds is 5. The van der Waals surface area contributed by atoms with Gasteiger partial charge in [-0.05, 0) is 38.3 Å². The number of fused-ring (bicyclic) bond motifs is 1. The minimum Gasteiger partial charge on any atom is -0.290 e. The molecule has 10 heteroatoms. The Bertz CT molecular complexity index is 1070. The highest BCUT2D eigenvalue weighted by atomic mass is 32.2. The van der Waals surface area contributed by atoms with E-state index in [4.69, 9.17) is 9.97 Å². The monoisotopic (exact) mass is 444 g/mol. The average molecular weight is 445 g/mol. The molecule has 1 amide bonds. The van der Waals surface area contributed by atoms with Crippen LogP contribution in [0.5, 0.6) is 0 Å². The number of aryl methyl sites for hydroxylation is 1. The third-order valence-corrected chi connectivity index (χ3v) is 7.86. The Balaban J connectivity index is 1.76. The molecule has 166 valence electrons. The van der Waals surface area contributed by atoms with Crippen LogP contribution in [0.15, 0.2) is 24.4 Å². The van der Waals surface area contributed by atoms with Crippen LogP contribution in [-0.2, 0) is 28.0 Å². The van der Waals surface area contributed by atoms with E-state index < -0.39 is 16.3 Å². The summed E-state index contributed by atoms with van der Waals surface area (Å²) in [6.45, 7) is 2.67. The van der Waals surface area contributed by atoms with Crippen LogP contribution in [0.2, 0.25) is 0 Å². The van der Waals surface area contributed by atoms with Crippen molar-refractivity contribution in [1.82, 2.24) is 23.6 Å². The summed E-state index contributed by atoms with van der Waals surface area (Å²) >= 11 is 0. The summed E-state index contributed by atoms with van der Waals surface area (Å²) in [5, 5.41) is 0. The molecule has 2 aromatic rings. The topological polar surface area (TPSA) is 99.6 Å². The van der Waals surface area contributed by atoms with Gasteiger partial charge in [0.15, 0.2) is 0 Å². The molecule has 0 spiro atoms. The van der Waals surface area contributed by atoms with Gasteiger partial charge in [-0.15, -0.1) is 0 Å². The fourth-order valence-corrected chi connectivity index (χ4v) is 5.52. The van der Waals surface area contributed by atoms with Crippen LogP contribution >= 0.6 is 0 Å². The van der Waals surface area contributed by atoms with E-state index in [-0.39, 0.29) is 5.91 Å². The van der Waals surface area contributed by atoms with Gasteiger partial charge in [0.25, 0.3) is 10.2 Å². The van der Waals surface area contributed by atoms with Gasteiger partial charge in [-0.1, -0.05) is 12.5 Å². The number of piperidine rings is 1. The molecule has 1 saturated heterocycles. The number of aromatic nitrogens is 3. The number of carbonyl (C=O) groups excluding carboxylic acids is 1. The average Bonchev–Trinajstić information content (AvgIpc) is 2.76. The molecule has 0 bridgehead atoms. The zero-order valence-corrected chi connectivity index (χ0v) is 19.0. The van der Waals surface area contributed by atoms with Crippen LogP contribution in [0, 0.1) is 6.92 Å². The summed E-state index contributed by atoms with van der Waals surface area (Å²) in [4.78, 5) is 28.3. The first-order chi connectivity index (χ1) is 14.8. The fraction of sp³-hybridized carbons (Fsp3) is 0.524. The van der Waals surface area contributed by atoms with Gasteiger partial charge >= 0.3 is 0 Å².